The lowest BCUT2D eigenvalue weighted by molar-refractivity contribution is 0.102. The Hall–Kier alpha value is -1.13. The number of rotatable bonds is 2. The van der Waals surface area contributed by atoms with Crippen LogP contribution >= 0.6 is 31.9 Å². The highest BCUT2D eigenvalue weighted by Crippen LogP contribution is 2.28. The molecule has 2 nitrogen and oxygen atoms in total. The van der Waals surface area contributed by atoms with Crippen LogP contribution in [-0.4, -0.2) is 5.91 Å². The van der Waals surface area contributed by atoms with E-state index in [-0.39, 0.29) is 5.91 Å². The van der Waals surface area contributed by atoms with E-state index in [9.17, 15) is 4.79 Å². The lowest BCUT2D eigenvalue weighted by Crippen LogP contribution is -2.14. The summed E-state index contributed by atoms with van der Waals surface area (Å²) in [6.07, 6.45) is 0. The number of aryl methyl sites for hydroxylation is 2. The van der Waals surface area contributed by atoms with Crippen molar-refractivity contribution in [2.45, 2.75) is 13.8 Å². The second-order valence-corrected chi connectivity index (χ2v) is 6.08. The van der Waals surface area contributed by atoms with Gasteiger partial charge in [0.1, 0.15) is 0 Å². The van der Waals surface area contributed by atoms with Crippen LogP contribution in [0.25, 0.3) is 0 Å². The Morgan fingerprint density at radius 3 is 2.37 bits per heavy atom. The van der Waals surface area contributed by atoms with Gasteiger partial charge in [-0.1, -0.05) is 18.2 Å². The SMILES string of the molecule is Cc1cc(C)c(NC(=O)c2ccccc2Br)c(Br)c1. The van der Waals surface area contributed by atoms with Gasteiger partial charge in [0.2, 0.25) is 0 Å². The minimum atomic E-state index is -0.125. The van der Waals surface area contributed by atoms with Gasteiger partial charge >= 0.3 is 0 Å². The topological polar surface area (TPSA) is 29.1 Å². The Kier molecular flexibility index (Phi) is 4.42. The van der Waals surface area contributed by atoms with Crippen LogP contribution in [0.1, 0.15) is 21.5 Å². The van der Waals surface area contributed by atoms with Crippen LogP contribution in [0.4, 0.5) is 5.69 Å². The van der Waals surface area contributed by atoms with Gasteiger partial charge in [-0.05, 0) is 75.0 Å². The molecule has 0 saturated carbocycles. The van der Waals surface area contributed by atoms with Crippen molar-refractivity contribution in [2.75, 3.05) is 5.32 Å². The second kappa shape index (κ2) is 5.88. The summed E-state index contributed by atoms with van der Waals surface area (Å²) in [6.45, 7) is 4.00. The summed E-state index contributed by atoms with van der Waals surface area (Å²) in [7, 11) is 0. The Morgan fingerprint density at radius 2 is 1.74 bits per heavy atom. The van der Waals surface area contributed by atoms with Crippen LogP contribution in [0.15, 0.2) is 45.3 Å². The van der Waals surface area contributed by atoms with E-state index in [1.807, 2.05) is 44.2 Å². The molecule has 0 fully saturated rings. The van der Waals surface area contributed by atoms with Crippen molar-refractivity contribution in [2.24, 2.45) is 0 Å². The zero-order chi connectivity index (χ0) is 14.0. The first-order valence-electron chi connectivity index (χ1n) is 5.81. The van der Waals surface area contributed by atoms with Crippen LogP contribution < -0.4 is 5.32 Å². The highest BCUT2D eigenvalue weighted by Gasteiger charge is 2.13. The van der Waals surface area contributed by atoms with Crippen molar-refractivity contribution < 1.29 is 4.79 Å². The predicted molar refractivity (Wildman–Crippen MR) is 85.7 cm³/mol. The third-order valence-electron chi connectivity index (χ3n) is 2.79. The number of carbonyl (C=O) groups is 1. The molecule has 98 valence electrons. The first-order chi connectivity index (χ1) is 8.99. The van der Waals surface area contributed by atoms with Crippen LogP contribution in [0.3, 0.4) is 0 Å². The van der Waals surface area contributed by atoms with Crippen LogP contribution in [-0.2, 0) is 0 Å². The molecule has 0 atom stereocenters. The lowest BCUT2D eigenvalue weighted by Gasteiger charge is -2.12. The highest BCUT2D eigenvalue weighted by molar-refractivity contribution is 9.11. The molecule has 0 radical (unpaired) electrons. The molecule has 19 heavy (non-hydrogen) atoms. The number of hydrogen-bond acceptors (Lipinski definition) is 1. The highest BCUT2D eigenvalue weighted by atomic mass is 79.9. The van der Waals surface area contributed by atoms with Crippen molar-refractivity contribution in [3.05, 3.63) is 62.0 Å². The second-order valence-electron chi connectivity index (χ2n) is 4.37. The van der Waals surface area contributed by atoms with E-state index in [4.69, 9.17) is 0 Å². The van der Waals surface area contributed by atoms with Gasteiger partial charge in [0.25, 0.3) is 5.91 Å². The molecule has 2 aromatic rings. The maximum atomic E-state index is 12.3. The molecule has 2 aromatic carbocycles. The monoisotopic (exact) mass is 381 g/mol. The molecule has 0 aliphatic heterocycles. The fourth-order valence-electron chi connectivity index (χ4n) is 1.90. The van der Waals surface area contributed by atoms with Crippen molar-refractivity contribution in [1.29, 1.82) is 0 Å². The van der Waals surface area contributed by atoms with E-state index in [2.05, 4.69) is 37.2 Å². The number of carbonyl (C=O) groups excluding carboxylic acids is 1. The molecule has 0 aromatic heterocycles. The Labute approximate surface area is 129 Å². The minimum absolute atomic E-state index is 0.125. The number of nitrogens with one attached hydrogen (secondary N) is 1. The number of benzene rings is 2. The minimum Gasteiger partial charge on any atom is -0.321 e. The van der Waals surface area contributed by atoms with Gasteiger partial charge in [0.15, 0.2) is 0 Å². The van der Waals surface area contributed by atoms with E-state index in [0.29, 0.717) is 5.56 Å². The number of amides is 1. The van der Waals surface area contributed by atoms with Crippen molar-refractivity contribution in [1.82, 2.24) is 0 Å². The lowest BCUT2D eigenvalue weighted by atomic mass is 10.1. The number of halogens is 2. The van der Waals surface area contributed by atoms with Gasteiger partial charge in [0, 0.05) is 8.95 Å². The van der Waals surface area contributed by atoms with Gasteiger partial charge in [-0.3, -0.25) is 4.79 Å². The summed E-state index contributed by atoms with van der Waals surface area (Å²) in [5.41, 5.74) is 3.62. The summed E-state index contributed by atoms with van der Waals surface area (Å²) in [6, 6.07) is 11.4. The van der Waals surface area contributed by atoms with Gasteiger partial charge in [0.05, 0.1) is 11.3 Å². The van der Waals surface area contributed by atoms with E-state index in [0.717, 1.165) is 25.8 Å². The molecule has 0 aliphatic rings. The first-order valence-corrected chi connectivity index (χ1v) is 7.40. The van der Waals surface area contributed by atoms with Gasteiger partial charge in [-0.2, -0.15) is 0 Å². The maximum absolute atomic E-state index is 12.3. The van der Waals surface area contributed by atoms with Crippen molar-refractivity contribution in [3.8, 4) is 0 Å². The fraction of sp³-hybridized carbons (Fsp3) is 0.133. The summed E-state index contributed by atoms with van der Waals surface area (Å²) in [5, 5.41) is 2.95. The average molecular weight is 383 g/mol. The zero-order valence-corrected chi connectivity index (χ0v) is 13.8. The molecular weight excluding hydrogens is 370 g/mol. The summed E-state index contributed by atoms with van der Waals surface area (Å²) >= 11 is 6.88. The molecular formula is C15H13Br2NO. The van der Waals surface area contributed by atoms with Crippen LogP contribution in [0.5, 0.6) is 0 Å². The van der Waals surface area contributed by atoms with E-state index >= 15 is 0 Å². The third kappa shape index (κ3) is 3.25. The maximum Gasteiger partial charge on any atom is 0.256 e. The normalized spacial score (nSPS) is 10.3. The molecule has 1 amide bonds. The van der Waals surface area contributed by atoms with E-state index in [1.54, 1.807) is 6.07 Å². The van der Waals surface area contributed by atoms with Crippen LogP contribution in [0.2, 0.25) is 0 Å². The Balaban J connectivity index is 2.32. The first kappa shape index (κ1) is 14.3. The quantitative estimate of drug-likeness (QED) is 0.770. The number of hydrogen-bond donors (Lipinski definition) is 1. The Bertz CT molecular complexity index is 615. The molecule has 0 heterocycles. The summed E-state index contributed by atoms with van der Waals surface area (Å²) in [5.74, 6) is -0.125. The Morgan fingerprint density at radius 1 is 1.05 bits per heavy atom. The smallest absolute Gasteiger partial charge is 0.256 e. The van der Waals surface area contributed by atoms with Gasteiger partial charge in [-0.25, -0.2) is 0 Å². The van der Waals surface area contributed by atoms with E-state index in [1.165, 1.54) is 0 Å². The van der Waals surface area contributed by atoms with Crippen molar-refractivity contribution in [3.63, 3.8) is 0 Å². The molecule has 0 spiro atoms. The molecule has 4 heteroatoms. The standard InChI is InChI=1S/C15H13Br2NO/c1-9-7-10(2)14(13(17)8-9)18-15(19)11-5-3-4-6-12(11)16/h3-8H,1-2H3,(H,18,19). The molecule has 2 rings (SSSR count). The molecule has 0 saturated heterocycles. The average Bonchev–Trinajstić information content (AvgIpc) is 2.34. The number of anilines is 1. The largest absolute Gasteiger partial charge is 0.321 e. The molecule has 0 aliphatic carbocycles. The molecule has 0 unspecified atom stereocenters. The van der Waals surface area contributed by atoms with Crippen LogP contribution in [0, 0.1) is 13.8 Å². The van der Waals surface area contributed by atoms with Gasteiger partial charge < -0.3 is 5.32 Å². The summed E-state index contributed by atoms with van der Waals surface area (Å²) < 4.78 is 1.68. The zero-order valence-electron chi connectivity index (χ0n) is 10.6. The molecule has 1 N–H and O–H groups in total. The fourth-order valence-corrected chi connectivity index (χ4v) is 3.14. The summed E-state index contributed by atoms with van der Waals surface area (Å²) in [4.78, 5) is 12.3. The van der Waals surface area contributed by atoms with Gasteiger partial charge in [-0.15, -0.1) is 0 Å². The molecule has 0 bridgehead atoms. The van der Waals surface area contributed by atoms with E-state index < -0.39 is 0 Å². The van der Waals surface area contributed by atoms with Crippen molar-refractivity contribution >= 4 is 43.5 Å². The predicted octanol–water partition coefficient (Wildman–Crippen LogP) is 5.08. The third-order valence-corrected chi connectivity index (χ3v) is 4.11.